The molecule has 54 heavy (non-hydrogen) atoms. The number of fused-ring (bicyclic) bond motifs is 3. The van der Waals surface area contributed by atoms with Gasteiger partial charge in [0.1, 0.15) is 23.1 Å². The predicted octanol–water partition coefficient (Wildman–Crippen LogP) is 8.25. The molecule has 0 radical (unpaired) electrons. The third-order valence-corrected chi connectivity index (χ3v) is 11.1. The summed E-state index contributed by atoms with van der Waals surface area (Å²) in [4.78, 5) is 22.2. The number of unbranched alkanes of at least 4 members (excludes halogenated alkanes) is 2. The van der Waals surface area contributed by atoms with E-state index in [4.69, 9.17) is 24.2 Å². The summed E-state index contributed by atoms with van der Waals surface area (Å²) in [6.07, 6.45) is 8.31. The van der Waals surface area contributed by atoms with Gasteiger partial charge >= 0.3 is 6.09 Å². The minimum Gasteiger partial charge on any atom is -0.508 e. The van der Waals surface area contributed by atoms with Gasteiger partial charge < -0.3 is 34.4 Å². The maximum atomic E-state index is 14.2. The fourth-order valence-electron chi connectivity index (χ4n) is 8.88. The van der Waals surface area contributed by atoms with Gasteiger partial charge in [0.15, 0.2) is 0 Å². The van der Waals surface area contributed by atoms with Crippen LogP contribution in [0.1, 0.15) is 82.8 Å². The van der Waals surface area contributed by atoms with Crippen molar-refractivity contribution in [3.63, 3.8) is 0 Å². The van der Waals surface area contributed by atoms with Gasteiger partial charge in [0.25, 0.3) is 0 Å². The van der Waals surface area contributed by atoms with Gasteiger partial charge in [0.2, 0.25) is 5.79 Å². The molecule has 0 unspecified atom stereocenters. The quantitative estimate of drug-likeness (QED) is 0.0807. The number of allylic oxidation sites excluding steroid dienone is 1. The van der Waals surface area contributed by atoms with Gasteiger partial charge in [0.05, 0.1) is 31.9 Å². The zero-order valence-corrected chi connectivity index (χ0v) is 32.1. The molecule has 0 saturated heterocycles. The molecule has 0 bridgehead atoms. The van der Waals surface area contributed by atoms with E-state index >= 15 is 0 Å². The van der Waals surface area contributed by atoms with Gasteiger partial charge in [-0.05, 0) is 98.4 Å². The highest BCUT2D eigenvalue weighted by Gasteiger charge is 2.65. The van der Waals surface area contributed by atoms with Crippen LogP contribution in [0.15, 0.2) is 90.1 Å². The van der Waals surface area contributed by atoms with Crippen molar-refractivity contribution in [1.82, 2.24) is 4.90 Å². The van der Waals surface area contributed by atoms with Crippen molar-refractivity contribution in [2.75, 3.05) is 26.9 Å². The minimum atomic E-state index is -1.43. The molecule has 6 rings (SSSR count). The van der Waals surface area contributed by atoms with Gasteiger partial charge in [-0.25, -0.2) is 4.79 Å². The number of rotatable bonds is 15. The number of hydrogen-bond acceptors (Lipinski definition) is 9. The molecule has 0 spiro atoms. The van der Waals surface area contributed by atoms with Crippen LogP contribution in [0.3, 0.4) is 0 Å². The van der Waals surface area contributed by atoms with E-state index in [2.05, 4.69) is 30.9 Å². The fraction of sp³-hybridized carbons (Fsp3) is 0.500. The first-order valence-electron chi connectivity index (χ1n) is 19.3. The number of phenols is 1. The van der Waals surface area contributed by atoms with Crippen LogP contribution in [0.2, 0.25) is 0 Å². The first kappa shape index (κ1) is 39.3. The first-order chi connectivity index (χ1) is 26.0. The Morgan fingerprint density at radius 3 is 2.50 bits per heavy atom. The Kier molecular flexibility index (Phi) is 12.4. The summed E-state index contributed by atoms with van der Waals surface area (Å²) in [5.41, 5.74) is 2.84. The lowest BCUT2D eigenvalue weighted by Crippen LogP contribution is -2.70. The number of aliphatic hydroxyl groups is 2. The molecule has 290 valence electrons. The average molecular weight is 741 g/mol. The third-order valence-electron chi connectivity index (χ3n) is 11.1. The van der Waals surface area contributed by atoms with Crippen LogP contribution in [0.25, 0.3) is 10.8 Å². The van der Waals surface area contributed by atoms with Gasteiger partial charge in [-0.3, -0.25) is 4.90 Å². The third kappa shape index (κ3) is 8.02. The molecule has 3 aromatic carbocycles. The number of nitrogens with zero attached hydrogens (tertiary/aromatic N) is 2. The van der Waals surface area contributed by atoms with Gasteiger partial charge in [-0.15, -0.1) is 6.58 Å². The van der Waals surface area contributed by atoms with Crippen LogP contribution in [0.5, 0.6) is 11.5 Å². The molecule has 6 atom stereocenters. The Balaban J connectivity index is 1.61. The van der Waals surface area contributed by atoms with E-state index in [0.29, 0.717) is 24.3 Å². The largest absolute Gasteiger partial charge is 0.508 e. The van der Waals surface area contributed by atoms with Gasteiger partial charge in [-0.2, -0.15) is 0 Å². The SMILES string of the molecule is C=CCO[C@@]12Oc3ccc(O)cc3[C@H]3[C@H](CCCCO)[C@@H](CCCCO)C=C(C(=NOC(C)(C)C)C[C@@H]1N(Cc1cccc4ccccc14)C(=O)OC)[C@H]32. The number of carbonyl (C=O) groups excluding carboxylic acids is 1. The topological polar surface area (TPSA) is 130 Å². The average Bonchev–Trinajstić information content (AvgIpc) is 3.16. The summed E-state index contributed by atoms with van der Waals surface area (Å²) >= 11 is 0. The number of amides is 1. The molecule has 1 amide bonds. The number of ether oxygens (including phenoxy) is 3. The van der Waals surface area contributed by atoms with Crippen molar-refractivity contribution >= 4 is 22.6 Å². The van der Waals surface area contributed by atoms with Crippen molar-refractivity contribution in [3.8, 4) is 11.5 Å². The van der Waals surface area contributed by atoms with Crippen molar-refractivity contribution in [2.45, 2.75) is 95.6 Å². The standard InChI is InChI=1S/C44H56N2O8/c1-6-24-52-44-39(46(42(50)51-5)28-31-17-13-16-29-14-7-8-18-33(29)31)27-37(45-54-43(2,3)4)35-25-30(15-9-11-22-47)34(19-10-12-23-48)40(41(35)44)36-26-32(49)20-21-38(36)53-44/h6-8,13-14,16-18,20-21,25-26,30,34,39-41,47-49H,1,9-12,15,19,22-24,27-28H2,2-5H3/t30-,34+,39-,40+,41+,44+/m0/s1. The number of carbonyl (C=O) groups is 1. The molecule has 1 heterocycles. The lowest BCUT2D eigenvalue weighted by molar-refractivity contribution is -0.256. The minimum absolute atomic E-state index is 0.0494. The molecule has 10 nitrogen and oxygen atoms in total. The van der Waals surface area contributed by atoms with Crippen LogP contribution in [0.4, 0.5) is 4.79 Å². The van der Waals surface area contributed by atoms with Crippen molar-refractivity contribution in [1.29, 1.82) is 0 Å². The molecule has 1 fully saturated rings. The maximum absolute atomic E-state index is 14.2. The summed E-state index contributed by atoms with van der Waals surface area (Å²) in [6, 6.07) is 18.6. The maximum Gasteiger partial charge on any atom is 0.410 e. The number of oxime groups is 1. The molecular weight excluding hydrogens is 684 g/mol. The summed E-state index contributed by atoms with van der Waals surface area (Å²) in [5, 5.41) is 37.5. The fourth-order valence-corrected chi connectivity index (χ4v) is 8.88. The molecule has 1 saturated carbocycles. The summed E-state index contributed by atoms with van der Waals surface area (Å²) < 4.78 is 19.8. The Morgan fingerprint density at radius 2 is 1.78 bits per heavy atom. The second-order valence-electron chi connectivity index (χ2n) is 15.7. The Labute approximate surface area is 319 Å². The summed E-state index contributed by atoms with van der Waals surface area (Å²) in [5.74, 6) is -1.31. The first-order valence-corrected chi connectivity index (χ1v) is 19.3. The molecule has 0 aromatic heterocycles. The van der Waals surface area contributed by atoms with Gasteiger partial charge in [-0.1, -0.05) is 72.6 Å². The second kappa shape index (κ2) is 17.0. The van der Waals surface area contributed by atoms with E-state index in [0.717, 1.165) is 53.2 Å². The van der Waals surface area contributed by atoms with Crippen LogP contribution >= 0.6 is 0 Å². The zero-order valence-electron chi connectivity index (χ0n) is 32.1. The summed E-state index contributed by atoms with van der Waals surface area (Å²) in [7, 11) is 1.39. The Morgan fingerprint density at radius 1 is 1.04 bits per heavy atom. The Bertz CT molecular complexity index is 1840. The lowest BCUT2D eigenvalue weighted by atomic mass is 9.55. The number of methoxy groups -OCH3 is 1. The lowest BCUT2D eigenvalue weighted by Gasteiger charge is -2.59. The van der Waals surface area contributed by atoms with E-state index in [1.54, 1.807) is 29.2 Å². The van der Waals surface area contributed by atoms with Crippen LogP contribution in [-0.2, 0) is 20.9 Å². The monoisotopic (exact) mass is 740 g/mol. The normalized spacial score (nSPS) is 25.3. The van der Waals surface area contributed by atoms with E-state index < -0.39 is 29.4 Å². The number of phenolic OH excluding ortho intramolecular Hbond substituents is 1. The second-order valence-corrected chi connectivity index (χ2v) is 15.7. The molecule has 3 aliphatic rings. The van der Waals surface area contributed by atoms with E-state index in [9.17, 15) is 20.1 Å². The highest BCUT2D eigenvalue weighted by molar-refractivity contribution is 6.03. The number of aromatic hydroxyl groups is 1. The van der Waals surface area contributed by atoms with Crippen LogP contribution < -0.4 is 4.74 Å². The molecule has 2 aliphatic carbocycles. The summed E-state index contributed by atoms with van der Waals surface area (Å²) in [6.45, 7) is 10.4. The van der Waals surface area contributed by atoms with Crippen LogP contribution in [0, 0.1) is 17.8 Å². The van der Waals surface area contributed by atoms with E-state index in [1.807, 2.05) is 45.0 Å². The zero-order chi connectivity index (χ0) is 38.5. The van der Waals surface area contributed by atoms with Crippen molar-refractivity contribution in [3.05, 3.63) is 96.1 Å². The predicted molar refractivity (Wildman–Crippen MR) is 209 cm³/mol. The number of hydrogen-bond donors (Lipinski definition) is 3. The van der Waals surface area contributed by atoms with Crippen molar-refractivity contribution in [2.24, 2.45) is 22.9 Å². The van der Waals surface area contributed by atoms with Crippen LogP contribution in [-0.4, -0.2) is 76.4 Å². The highest BCUT2D eigenvalue weighted by Crippen LogP contribution is 2.62. The smallest absolute Gasteiger partial charge is 0.410 e. The molecule has 1 aliphatic heterocycles. The van der Waals surface area contributed by atoms with Crippen molar-refractivity contribution < 1.29 is 39.2 Å². The highest BCUT2D eigenvalue weighted by atomic mass is 16.7. The molecule has 3 aromatic rings. The molecular formula is C44H56N2O8. The van der Waals surface area contributed by atoms with E-state index in [1.165, 1.54) is 7.11 Å². The van der Waals surface area contributed by atoms with E-state index in [-0.39, 0.29) is 56.3 Å². The number of aliphatic hydroxyl groups excluding tert-OH is 2. The van der Waals surface area contributed by atoms with Gasteiger partial charge in [0, 0.05) is 31.1 Å². The number of benzene rings is 3. The Hall–Kier alpha value is -4.38. The molecule has 10 heteroatoms. The molecule has 3 N–H and O–H groups in total.